The molecule has 7 heteroatoms. The Balaban J connectivity index is 1.92. The van der Waals surface area contributed by atoms with Gasteiger partial charge >= 0.3 is 5.69 Å². The van der Waals surface area contributed by atoms with Crippen LogP contribution in [0.25, 0.3) is 0 Å². The Labute approximate surface area is 138 Å². The van der Waals surface area contributed by atoms with E-state index < -0.39 is 11.2 Å². The summed E-state index contributed by atoms with van der Waals surface area (Å²) in [7, 11) is 0. The standard InChI is InChI=1S/C17H20N4O3/c22-15-14(11-18-20-9-5-2-6-10-20)16(23)21(17(24)19-15)12-13-7-3-1-4-8-13/h1,3-4,7-8,11,23H,2,5-6,9-10,12H2,(H,19,22,24)/b18-11+. The van der Waals surface area contributed by atoms with E-state index in [1.54, 1.807) is 0 Å². The summed E-state index contributed by atoms with van der Waals surface area (Å²) in [5.74, 6) is -0.367. The van der Waals surface area contributed by atoms with Gasteiger partial charge in [-0.15, -0.1) is 0 Å². The van der Waals surface area contributed by atoms with Gasteiger partial charge in [0.05, 0.1) is 12.8 Å². The Kier molecular flexibility index (Phi) is 4.79. The molecular formula is C17H20N4O3. The average molecular weight is 328 g/mol. The van der Waals surface area contributed by atoms with Gasteiger partial charge in [-0.3, -0.25) is 19.4 Å². The molecule has 1 saturated heterocycles. The van der Waals surface area contributed by atoms with E-state index in [9.17, 15) is 14.7 Å². The number of nitrogens with one attached hydrogen (secondary N) is 1. The molecule has 1 aromatic heterocycles. The minimum atomic E-state index is -0.642. The summed E-state index contributed by atoms with van der Waals surface area (Å²) >= 11 is 0. The number of benzene rings is 1. The van der Waals surface area contributed by atoms with Gasteiger partial charge in [0.25, 0.3) is 5.56 Å². The van der Waals surface area contributed by atoms with E-state index in [2.05, 4.69) is 10.1 Å². The highest BCUT2D eigenvalue weighted by Gasteiger charge is 2.14. The van der Waals surface area contributed by atoms with Crippen LogP contribution in [0.3, 0.4) is 0 Å². The van der Waals surface area contributed by atoms with Crippen molar-refractivity contribution in [3.05, 3.63) is 62.3 Å². The fraction of sp³-hybridized carbons (Fsp3) is 0.353. The molecule has 2 N–H and O–H groups in total. The SMILES string of the molecule is O=c1[nH]c(=O)n(Cc2ccccc2)c(O)c1/C=N/N1CCCCC1. The Bertz CT molecular complexity index is 833. The third kappa shape index (κ3) is 3.56. The molecule has 0 spiro atoms. The Hall–Kier alpha value is -2.83. The van der Waals surface area contributed by atoms with Crippen LogP contribution in [0.15, 0.2) is 45.0 Å². The lowest BCUT2D eigenvalue weighted by Gasteiger charge is -2.23. The molecule has 1 aliphatic rings. The van der Waals surface area contributed by atoms with Crippen molar-refractivity contribution in [1.82, 2.24) is 14.6 Å². The molecule has 0 radical (unpaired) electrons. The topological polar surface area (TPSA) is 90.7 Å². The number of rotatable bonds is 4. The molecule has 0 unspecified atom stereocenters. The van der Waals surface area contributed by atoms with Crippen molar-refractivity contribution < 1.29 is 5.11 Å². The van der Waals surface area contributed by atoms with Gasteiger partial charge in [-0.05, 0) is 24.8 Å². The van der Waals surface area contributed by atoms with E-state index in [1.165, 1.54) is 12.6 Å². The maximum atomic E-state index is 12.0. The van der Waals surface area contributed by atoms with Crippen LogP contribution < -0.4 is 11.2 Å². The molecule has 0 saturated carbocycles. The normalized spacial score (nSPS) is 15.1. The summed E-state index contributed by atoms with van der Waals surface area (Å²) in [4.78, 5) is 26.3. The van der Waals surface area contributed by atoms with Crippen molar-refractivity contribution >= 4 is 6.21 Å². The van der Waals surface area contributed by atoms with Crippen LogP contribution in [-0.4, -0.2) is 39.0 Å². The van der Waals surface area contributed by atoms with E-state index in [4.69, 9.17) is 0 Å². The summed E-state index contributed by atoms with van der Waals surface area (Å²) in [5, 5.41) is 16.5. The van der Waals surface area contributed by atoms with Crippen molar-refractivity contribution in [2.24, 2.45) is 5.10 Å². The largest absolute Gasteiger partial charge is 0.494 e. The predicted octanol–water partition coefficient (Wildman–Crippen LogP) is 1.11. The van der Waals surface area contributed by atoms with Crippen LogP contribution in [0.5, 0.6) is 5.88 Å². The average Bonchev–Trinajstić information content (AvgIpc) is 2.60. The number of aromatic nitrogens is 2. The van der Waals surface area contributed by atoms with Crippen molar-refractivity contribution in [3.63, 3.8) is 0 Å². The summed E-state index contributed by atoms with van der Waals surface area (Å²) in [6, 6.07) is 9.26. The Morgan fingerprint density at radius 3 is 2.54 bits per heavy atom. The van der Waals surface area contributed by atoms with Gasteiger partial charge in [0.2, 0.25) is 5.88 Å². The zero-order valence-electron chi connectivity index (χ0n) is 13.3. The molecule has 24 heavy (non-hydrogen) atoms. The monoisotopic (exact) mass is 328 g/mol. The molecule has 1 aliphatic heterocycles. The Morgan fingerprint density at radius 2 is 1.83 bits per heavy atom. The van der Waals surface area contributed by atoms with Crippen LogP contribution in [0.2, 0.25) is 0 Å². The molecule has 0 aliphatic carbocycles. The molecular weight excluding hydrogens is 308 g/mol. The first-order valence-electron chi connectivity index (χ1n) is 8.04. The quantitative estimate of drug-likeness (QED) is 0.823. The number of hydrogen-bond donors (Lipinski definition) is 2. The fourth-order valence-electron chi connectivity index (χ4n) is 2.74. The van der Waals surface area contributed by atoms with E-state index in [0.717, 1.165) is 36.1 Å². The first-order valence-corrected chi connectivity index (χ1v) is 8.04. The zero-order chi connectivity index (χ0) is 16.9. The van der Waals surface area contributed by atoms with E-state index in [0.29, 0.717) is 0 Å². The van der Waals surface area contributed by atoms with Crippen molar-refractivity contribution in [3.8, 4) is 5.88 Å². The minimum Gasteiger partial charge on any atom is -0.494 e. The summed E-state index contributed by atoms with van der Waals surface area (Å²) < 4.78 is 1.13. The number of nitrogens with zero attached hydrogens (tertiary/aromatic N) is 3. The molecule has 2 heterocycles. The van der Waals surface area contributed by atoms with Gasteiger partial charge in [0.1, 0.15) is 5.56 Å². The van der Waals surface area contributed by atoms with Crippen LogP contribution >= 0.6 is 0 Å². The predicted molar refractivity (Wildman–Crippen MR) is 91.5 cm³/mol. The first-order chi connectivity index (χ1) is 11.6. The number of hydrazone groups is 1. The van der Waals surface area contributed by atoms with Gasteiger partial charge in [-0.25, -0.2) is 4.79 Å². The lowest BCUT2D eigenvalue weighted by molar-refractivity contribution is 0.240. The molecule has 126 valence electrons. The molecule has 2 aromatic rings. The Morgan fingerprint density at radius 1 is 1.12 bits per heavy atom. The third-order valence-corrected chi connectivity index (χ3v) is 4.07. The van der Waals surface area contributed by atoms with Gasteiger partial charge in [-0.1, -0.05) is 30.3 Å². The lowest BCUT2D eigenvalue weighted by atomic mass is 10.2. The number of aromatic amines is 1. The second kappa shape index (κ2) is 7.16. The molecule has 0 amide bonds. The number of hydrogen-bond acceptors (Lipinski definition) is 5. The molecule has 1 fully saturated rings. The zero-order valence-corrected chi connectivity index (χ0v) is 13.3. The lowest BCUT2D eigenvalue weighted by Crippen LogP contribution is -2.33. The van der Waals surface area contributed by atoms with Gasteiger partial charge in [0.15, 0.2) is 0 Å². The molecule has 7 nitrogen and oxygen atoms in total. The third-order valence-electron chi connectivity index (χ3n) is 4.07. The summed E-state index contributed by atoms with van der Waals surface area (Å²) in [5.41, 5.74) is -0.434. The first kappa shape index (κ1) is 16.0. The van der Waals surface area contributed by atoms with Gasteiger partial charge in [0, 0.05) is 13.1 Å². The van der Waals surface area contributed by atoms with E-state index in [1.807, 2.05) is 35.3 Å². The molecule has 0 atom stereocenters. The number of aromatic hydroxyl groups is 1. The summed E-state index contributed by atoms with van der Waals surface area (Å²) in [6.45, 7) is 1.84. The van der Waals surface area contributed by atoms with Gasteiger partial charge in [-0.2, -0.15) is 5.10 Å². The second-order valence-electron chi connectivity index (χ2n) is 5.83. The van der Waals surface area contributed by atoms with Crippen molar-refractivity contribution in [1.29, 1.82) is 0 Å². The second-order valence-corrected chi connectivity index (χ2v) is 5.83. The van der Waals surface area contributed by atoms with Crippen LogP contribution in [0.1, 0.15) is 30.4 Å². The maximum Gasteiger partial charge on any atom is 0.331 e. The highest BCUT2D eigenvalue weighted by Crippen LogP contribution is 2.12. The molecule has 3 rings (SSSR count). The van der Waals surface area contributed by atoms with E-state index in [-0.39, 0.29) is 18.0 Å². The summed E-state index contributed by atoms with van der Waals surface area (Å²) in [6.07, 6.45) is 4.64. The number of H-pyrrole nitrogens is 1. The highest BCUT2D eigenvalue weighted by atomic mass is 16.3. The highest BCUT2D eigenvalue weighted by molar-refractivity contribution is 5.81. The smallest absolute Gasteiger partial charge is 0.331 e. The fourth-order valence-corrected chi connectivity index (χ4v) is 2.74. The van der Waals surface area contributed by atoms with Crippen LogP contribution in [0.4, 0.5) is 0 Å². The number of piperidine rings is 1. The molecule has 0 bridgehead atoms. The van der Waals surface area contributed by atoms with Crippen molar-refractivity contribution in [2.45, 2.75) is 25.8 Å². The van der Waals surface area contributed by atoms with E-state index >= 15 is 0 Å². The minimum absolute atomic E-state index is 0.00361. The van der Waals surface area contributed by atoms with Crippen LogP contribution in [0, 0.1) is 0 Å². The van der Waals surface area contributed by atoms with Crippen LogP contribution in [-0.2, 0) is 6.54 Å². The van der Waals surface area contributed by atoms with Crippen molar-refractivity contribution in [2.75, 3.05) is 13.1 Å². The maximum absolute atomic E-state index is 12.0. The van der Waals surface area contributed by atoms with Gasteiger partial charge < -0.3 is 5.11 Å². The molecule has 1 aromatic carbocycles.